The van der Waals surface area contributed by atoms with Gasteiger partial charge in [-0.15, -0.1) is 11.3 Å². The maximum absolute atomic E-state index is 10.7. The molecule has 4 heteroatoms. The van der Waals surface area contributed by atoms with Gasteiger partial charge < -0.3 is 9.47 Å². The third-order valence-corrected chi connectivity index (χ3v) is 3.31. The van der Waals surface area contributed by atoms with Crippen molar-refractivity contribution < 1.29 is 14.3 Å². The lowest BCUT2D eigenvalue weighted by molar-refractivity contribution is 0.112. The fraction of sp³-hybridized carbons (Fsp3) is 0.154. The predicted octanol–water partition coefficient (Wildman–Crippen LogP) is 3.24. The molecule has 0 saturated carbocycles. The number of rotatable bonds is 4. The Bertz CT molecular complexity index is 531. The van der Waals surface area contributed by atoms with Gasteiger partial charge in [-0.1, -0.05) is 12.1 Å². The van der Waals surface area contributed by atoms with Gasteiger partial charge >= 0.3 is 0 Å². The van der Waals surface area contributed by atoms with Crippen LogP contribution in [0.1, 0.15) is 9.67 Å². The van der Waals surface area contributed by atoms with Crippen LogP contribution in [-0.4, -0.2) is 20.5 Å². The van der Waals surface area contributed by atoms with Gasteiger partial charge in [0.15, 0.2) is 17.8 Å². The Kier molecular flexibility index (Phi) is 3.44. The fourth-order valence-corrected chi connectivity index (χ4v) is 2.38. The van der Waals surface area contributed by atoms with Crippen molar-refractivity contribution in [3.8, 4) is 22.6 Å². The number of aldehydes is 1. The topological polar surface area (TPSA) is 35.5 Å². The summed E-state index contributed by atoms with van der Waals surface area (Å²) < 4.78 is 10.6. The molecule has 0 saturated heterocycles. The molecular formula is C13H12O3S. The Labute approximate surface area is 104 Å². The number of carbonyl (C=O) groups excluding carboxylic acids is 1. The maximum atomic E-state index is 10.7. The van der Waals surface area contributed by atoms with Crippen LogP contribution in [0.15, 0.2) is 29.6 Å². The first-order chi connectivity index (χ1) is 8.30. The average Bonchev–Trinajstić information content (AvgIpc) is 2.86. The summed E-state index contributed by atoms with van der Waals surface area (Å²) in [5.41, 5.74) is 1.89. The molecule has 0 bridgehead atoms. The van der Waals surface area contributed by atoms with Gasteiger partial charge in [0.25, 0.3) is 0 Å². The minimum Gasteiger partial charge on any atom is -0.493 e. The fourth-order valence-electron chi connectivity index (χ4n) is 1.67. The van der Waals surface area contributed by atoms with E-state index in [0.717, 1.165) is 17.4 Å². The molecule has 17 heavy (non-hydrogen) atoms. The van der Waals surface area contributed by atoms with Gasteiger partial charge in [-0.25, -0.2) is 0 Å². The van der Waals surface area contributed by atoms with Gasteiger partial charge in [0.1, 0.15) is 0 Å². The molecule has 0 N–H and O–H groups in total. The minimum atomic E-state index is 0.684. The minimum absolute atomic E-state index is 0.684. The lowest BCUT2D eigenvalue weighted by atomic mass is 10.1. The molecule has 0 aliphatic heterocycles. The molecule has 0 fully saturated rings. The van der Waals surface area contributed by atoms with Crippen LogP contribution in [0, 0.1) is 0 Å². The van der Waals surface area contributed by atoms with E-state index in [9.17, 15) is 4.79 Å². The van der Waals surface area contributed by atoms with Crippen molar-refractivity contribution in [3.63, 3.8) is 0 Å². The first-order valence-corrected chi connectivity index (χ1v) is 5.93. The zero-order valence-corrected chi connectivity index (χ0v) is 10.4. The van der Waals surface area contributed by atoms with Crippen LogP contribution in [-0.2, 0) is 0 Å². The summed E-state index contributed by atoms with van der Waals surface area (Å²) in [4.78, 5) is 11.4. The summed E-state index contributed by atoms with van der Waals surface area (Å²) >= 11 is 1.41. The lowest BCUT2D eigenvalue weighted by Gasteiger charge is -2.11. The van der Waals surface area contributed by atoms with Crippen molar-refractivity contribution in [2.75, 3.05) is 14.2 Å². The molecule has 2 aromatic rings. The molecule has 3 nitrogen and oxygen atoms in total. The van der Waals surface area contributed by atoms with Crippen molar-refractivity contribution in [2.24, 2.45) is 0 Å². The Balaban J connectivity index is 2.54. The van der Waals surface area contributed by atoms with Crippen LogP contribution in [0.4, 0.5) is 0 Å². The number of thiophene rings is 1. The van der Waals surface area contributed by atoms with Crippen LogP contribution in [0.5, 0.6) is 11.5 Å². The van der Waals surface area contributed by atoms with Gasteiger partial charge in [0.05, 0.1) is 19.1 Å². The zero-order chi connectivity index (χ0) is 12.3. The SMILES string of the molecule is COc1cccc(-c2csc(C=O)c2)c1OC. The first-order valence-electron chi connectivity index (χ1n) is 5.05. The number of hydrogen-bond acceptors (Lipinski definition) is 4. The smallest absolute Gasteiger partial charge is 0.168 e. The van der Waals surface area contributed by atoms with Gasteiger partial charge in [0.2, 0.25) is 0 Å². The van der Waals surface area contributed by atoms with E-state index in [1.54, 1.807) is 14.2 Å². The van der Waals surface area contributed by atoms with E-state index >= 15 is 0 Å². The van der Waals surface area contributed by atoms with E-state index in [0.29, 0.717) is 16.4 Å². The number of benzene rings is 1. The number of hydrogen-bond donors (Lipinski definition) is 0. The molecule has 0 aliphatic carbocycles. The second-order valence-electron chi connectivity index (χ2n) is 3.40. The Morgan fingerprint density at radius 1 is 1.24 bits per heavy atom. The lowest BCUT2D eigenvalue weighted by Crippen LogP contribution is -1.92. The summed E-state index contributed by atoms with van der Waals surface area (Å²) in [6.45, 7) is 0. The zero-order valence-electron chi connectivity index (χ0n) is 9.60. The first kappa shape index (κ1) is 11.7. The highest BCUT2D eigenvalue weighted by atomic mass is 32.1. The van der Waals surface area contributed by atoms with Gasteiger partial charge in [-0.2, -0.15) is 0 Å². The molecule has 1 aromatic heterocycles. The van der Waals surface area contributed by atoms with Crippen molar-refractivity contribution >= 4 is 17.6 Å². The molecule has 0 unspecified atom stereocenters. The van der Waals surface area contributed by atoms with E-state index in [-0.39, 0.29) is 0 Å². The summed E-state index contributed by atoms with van der Waals surface area (Å²) in [6, 6.07) is 7.53. The maximum Gasteiger partial charge on any atom is 0.168 e. The molecule has 88 valence electrons. The van der Waals surface area contributed by atoms with Crippen LogP contribution < -0.4 is 9.47 Å². The van der Waals surface area contributed by atoms with E-state index in [1.165, 1.54) is 11.3 Å². The van der Waals surface area contributed by atoms with Gasteiger partial charge in [0, 0.05) is 5.56 Å². The normalized spacial score (nSPS) is 10.0. The monoisotopic (exact) mass is 248 g/mol. The highest BCUT2D eigenvalue weighted by Crippen LogP contribution is 2.39. The van der Waals surface area contributed by atoms with E-state index in [1.807, 2.05) is 29.6 Å². The molecule has 0 atom stereocenters. The Morgan fingerprint density at radius 3 is 2.65 bits per heavy atom. The van der Waals surface area contributed by atoms with Gasteiger partial charge in [-0.3, -0.25) is 4.79 Å². The van der Waals surface area contributed by atoms with E-state index < -0.39 is 0 Å². The van der Waals surface area contributed by atoms with Crippen LogP contribution in [0.3, 0.4) is 0 Å². The van der Waals surface area contributed by atoms with E-state index in [4.69, 9.17) is 9.47 Å². The molecule has 1 aromatic carbocycles. The third kappa shape index (κ3) is 2.17. The van der Waals surface area contributed by atoms with Crippen LogP contribution in [0.25, 0.3) is 11.1 Å². The van der Waals surface area contributed by atoms with Crippen molar-refractivity contribution in [3.05, 3.63) is 34.5 Å². The molecule has 0 spiro atoms. The van der Waals surface area contributed by atoms with Crippen LogP contribution >= 0.6 is 11.3 Å². The molecule has 0 radical (unpaired) electrons. The number of para-hydroxylation sites is 1. The average molecular weight is 248 g/mol. The standard InChI is InChI=1S/C13H12O3S/c1-15-12-5-3-4-11(13(12)16-2)9-6-10(7-14)17-8-9/h3-8H,1-2H3. The molecule has 1 heterocycles. The quantitative estimate of drug-likeness (QED) is 0.779. The van der Waals surface area contributed by atoms with Crippen molar-refractivity contribution in [1.29, 1.82) is 0 Å². The number of carbonyl (C=O) groups is 1. The number of ether oxygens (including phenoxy) is 2. The summed E-state index contributed by atoms with van der Waals surface area (Å²) in [5, 5.41) is 1.93. The largest absolute Gasteiger partial charge is 0.493 e. The Hall–Kier alpha value is -1.81. The van der Waals surface area contributed by atoms with E-state index in [2.05, 4.69) is 0 Å². The highest BCUT2D eigenvalue weighted by molar-refractivity contribution is 7.12. The summed E-state index contributed by atoms with van der Waals surface area (Å²) in [7, 11) is 3.21. The van der Waals surface area contributed by atoms with Crippen molar-refractivity contribution in [1.82, 2.24) is 0 Å². The summed E-state index contributed by atoms with van der Waals surface area (Å²) in [6.07, 6.45) is 0.848. The molecule has 0 amide bonds. The molecule has 2 rings (SSSR count). The second-order valence-corrected chi connectivity index (χ2v) is 4.34. The molecule has 0 aliphatic rings. The summed E-state index contributed by atoms with van der Waals surface area (Å²) in [5.74, 6) is 1.37. The Morgan fingerprint density at radius 2 is 2.06 bits per heavy atom. The second kappa shape index (κ2) is 5.01. The predicted molar refractivity (Wildman–Crippen MR) is 68.2 cm³/mol. The number of methoxy groups -OCH3 is 2. The molecular weight excluding hydrogens is 236 g/mol. The highest BCUT2D eigenvalue weighted by Gasteiger charge is 2.12. The van der Waals surface area contributed by atoms with Crippen LogP contribution in [0.2, 0.25) is 0 Å². The van der Waals surface area contributed by atoms with Crippen molar-refractivity contribution in [2.45, 2.75) is 0 Å². The van der Waals surface area contributed by atoms with Gasteiger partial charge in [-0.05, 0) is 23.1 Å². The third-order valence-electron chi connectivity index (χ3n) is 2.45.